The Bertz CT molecular complexity index is 696. The largest absolute Gasteiger partial charge is 0.366 e. The molecule has 0 radical (unpaired) electrons. The van der Waals surface area contributed by atoms with Crippen molar-refractivity contribution in [2.45, 2.75) is 66.3 Å². The van der Waals surface area contributed by atoms with E-state index in [4.69, 9.17) is 5.73 Å². The van der Waals surface area contributed by atoms with Crippen LogP contribution in [0.1, 0.15) is 66.8 Å². The molecule has 1 amide bonds. The molecule has 0 bridgehead atoms. The van der Waals surface area contributed by atoms with Crippen molar-refractivity contribution in [1.29, 1.82) is 0 Å². The minimum Gasteiger partial charge on any atom is -0.366 e. The topological polar surface area (TPSA) is 48.0 Å². The van der Waals surface area contributed by atoms with Crippen molar-refractivity contribution >= 4 is 5.91 Å². The fourth-order valence-electron chi connectivity index (χ4n) is 3.35. The van der Waals surface area contributed by atoms with Gasteiger partial charge in [-0.05, 0) is 38.7 Å². The number of amides is 1. The van der Waals surface area contributed by atoms with Gasteiger partial charge in [0.1, 0.15) is 0 Å². The highest BCUT2D eigenvalue weighted by molar-refractivity contribution is 6.02. The van der Waals surface area contributed by atoms with Gasteiger partial charge in [0.05, 0.1) is 5.56 Å². The van der Waals surface area contributed by atoms with Crippen molar-refractivity contribution in [3.8, 4) is 11.1 Å². The number of rotatable bonds is 8. The molecule has 1 aromatic carbocycles. The number of carbonyl (C=O) groups excluding carboxylic acids is 1. The molecule has 24 heavy (non-hydrogen) atoms. The molecule has 1 aromatic heterocycles. The van der Waals surface area contributed by atoms with E-state index >= 15 is 0 Å². The van der Waals surface area contributed by atoms with Gasteiger partial charge >= 0.3 is 0 Å². The fraction of sp³-hybridized carbons (Fsp3) is 0.476. The molecule has 0 saturated carbocycles. The molecule has 130 valence electrons. The first-order valence-corrected chi connectivity index (χ1v) is 9.10. The van der Waals surface area contributed by atoms with Crippen LogP contribution in [0, 0.1) is 13.8 Å². The van der Waals surface area contributed by atoms with Crippen LogP contribution in [0.2, 0.25) is 0 Å². The maximum atomic E-state index is 12.2. The van der Waals surface area contributed by atoms with Crippen molar-refractivity contribution in [2.75, 3.05) is 0 Å². The molecule has 2 N–H and O–H groups in total. The Morgan fingerprint density at radius 3 is 2.21 bits per heavy atom. The molecule has 0 atom stereocenters. The van der Waals surface area contributed by atoms with Gasteiger partial charge in [0, 0.05) is 23.5 Å². The lowest BCUT2D eigenvalue weighted by molar-refractivity contribution is 0.1000. The quantitative estimate of drug-likeness (QED) is 0.728. The van der Waals surface area contributed by atoms with Crippen molar-refractivity contribution in [2.24, 2.45) is 5.73 Å². The van der Waals surface area contributed by atoms with Gasteiger partial charge in [0.2, 0.25) is 0 Å². The number of carbonyl (C=O) groups is 1. The number of primary amides is 1. The zero-order valence-electron chi connectivity index (χ0n) is 15.5. The summed E-state index contributed by atoms with van der Waals surface area (Å²) in [5, 5.41) is 0. The highest BCUT2D eigenvalue weighted by Crippen LogP contribution is 2.34. The van der Waals surface area contributed by atoms with E-state index in [-0.39, 0.29) is 5.91 Å². The lowest BCUT2D eigenvalue weighted by atomic mass is 9.97. The number of hydrogen-bond donors (Lipinski definition) is 1. The number of benzene rings is 1. The molecule has 0 spiro atoms. The maximum absolute atomic E-state index is 12.2. The van der Waals surface area contributed by atoms with Gasteiger partial charge in [-0.2, -0.15) is 0 Å². The monoisotopic (exact) mass is 326 g/mol. The summed E-state index contributed by atoms with van der Waals surface area (Å²) >= 11 is 0. The lowest BCUT2D eigenvalue weighted by Crippen LogP contribution is -2.13. The van der Waals surface area contributed by atoms with Crippen LogP contribution in [0.25, 0.3) is 11.1 Å². The number of hydrogen-bond acceptors (Lipinski definition) is 1. The molecule has 0 aliphatic heterocycles. The fourth-order valence-corrected chi connectivity index (χ4v) is 3.35. The first-order valence-electron chi connectivity index (χ1n) is 9.10. The van der Waals surface area contributed by atoms with Crippen LogP contribution in [-0.4, -0.2) is 10.5 Å². The number of unbranched alkanes of at least 4 members (excludes halogenated alkanes) is 2. The number of aryl methyl sites for hydroxylation is 1. The lowest BCUT2D eigenvalue weighted by Gasteiger charge is -2.13. The van der Waals surface area contributed by atoms with E-state index < -0.39 is 0 Å². The van der Waals surface area contributed by atoms with Crippen molar-refractivity contribution < 1.29 is 4.79 Å². The predicted molar refractivity (Wildman–Crippen MR) is 101 cm³/mol. The van der Waals surface area contributed by atoms with Crippen LogP contribution < -0.4 is 5.73 Å². The van der Waals surface area contributed by atoms with Crippen LogP contribution in [0.15, 0.2) is 24.3 Å². The summed E-state index contributed by atoms with van der Waals surface area (Å²) in [6.07, 6.45) is 5.48. The van der Waals surface area contributed by atoms with Crippen molar-refractivity contribution in [1.82, 2.24) is 4.57 Å². The Morgan fingerprint density at radius 1 is 1.04 bits per heavy atom. The smallest absolute Gasteiger partial charge is 0.251 e. The molecule has 2 aromatic rings. The Balaban J connectivity index is 2.67. The van der Waals surface area contributed by atoms with E-state index in [0.717, 1.165) is 55.5 Å². The van der Waals surface area contributed by atoms with Crippen molar-refractivity contribution in [3.05, 3.63) is 46.8 Å². The van der Waals surface area contributed by atoms with E-state index in [1.807, 2.05) is 6.92 Å². The molecule has 0 fully saturated rings. The molecule has 0 aliphatic carbocycles. The van der Waals surface area contributed by atoms with E-state index in [1.165, 1.54) is 11.3 Å². The third kappa shape index (κ3) is 3.72. The number of aromatic nitrogens is 1. The van der Waals surface area contributed by atoms with E-state index in [9.17, 15) is 4.79 Å². The average molecular weight is 326 g/mol. The second kappa shape index (κ2) is 8.18. The molecule has 3 nitrogen and oxygen atoms in total. The van der Waals surface area contributed by atoms with Crippen LogP contribution in [-0.2, 0) is 13.0 Å². The van der Waals surface area contributed by atoms with Crippen LogP contribution in [0.4, 0.5) is 0 Å². The van der Waals surface area contributed by atoms with E-state index in [1.54, 1.807) is 0 Å². The normalized spacial score (nSPS) is 11.0. The average Bonchev–Trinajstić information content (AvgIpc) is 2.83. The second-order valence-corrected chi connectivity index (χ2v) is 6.62. The molecule has 3 heteroatoms. The Morgan fingerprint density at radius 2 is 1.67 bits per heavy atom. The Kier molecular flexibility index (Phi) is 6.24. The van der Waals surface area contributed by atoms with Gasteiger partial charge < -0.3 is 10.3 Å². The third-order valence-corrected chi connectivity index (χ3v) is 4.72. The zero-order chi connectivity index (χ0) is 17.7. The molecule has 0 saturated heterocycles. The summed E-state index contributed by atoms with van der Waals surface area (Å²) < 4.78 is 2.33. The minimum atomic E-state index is -0.323. The third-order valence-electron chi connectivity index (χ3n) is 4.72. The summed E-state index contributed by atoms with van der Waals surface area (Å²) in [4.78, 5) is 12.2. The van der Waals surface area contributed by atoms with Gasteiger partial charge in [0.25, 0.3) is 5.91 Å². The second-order valence-electron chi connectivity index (χ2n) is 6.62. The Labute approximate surface area is 145 Å². The minimum absolute atomic E-state index is 0.323. The van der Waals surface area contributed by atoms with E-state index in [2.05, 4.69) is 49.6 Å². The first kappa shape index (κ1) is 18.3. The Hall–Kier alpha value is -2.03. The molecule has 2 rings (SSSR count). The molecular weight excluding hydrogens is 296 g/mol. The first-order chi connectivity index (χ1) is 11.5. The highest BCUT2D eigenvalue weighted by atomic mass is 16.1. The molecule has 0 aliphatic rings. The zero-order valence-corrected chi connectivity index (χ0v) is 15.5. The summed E-state index contributed by atoms with van der Waals surface area (Å²) in [6.45, 7) is 9.46. The summed E-state index contributed by atoms with van der Waals surface area (Å²) in [6, 6.07) is 8.41. The van der Waals surface area contributed by atoms with Gasteiger partial charge in [-0.25, -0.2) is 0 Å². The number of nitrogens with zero attached hydrogens (tertiary/aromatic N) is 1. The van der Waals surface area contributed by atoms with Gasteiger partial charge in [-0.1, -0.05) is 56.5 Å². The maximum Gasteiger partial charge on any atom is 0.251 e. The number of nitrogens with two attached hydrogens (primary N) is 1. The summed E-state index contributed by atoms with van der Waals surface area (Å²) in [5.41, 5.74) is 12.1. The molecule has 0 unspecified atom stereocenters. The van der Waals surface area contributed by atoms with Crippen molar-refractivity contribution in [3.63, 3.8) is 0 Å². The van der Waals surface area contributed by atoms with E-state index in [0.29, 0.717) is 5.56 Å². The molecule has 1 heterocycles. The summed E-state index contributed by atoms with van der Waals surface area (Å²) in [7, 11) is 0. The van der Waals surface area contributed by atoms with Gasteiger partial charge in [-0.15, -0.1) is 0 Å². The van der Waals surface area contributed by atoms with Crippen LogP contribution in [0.3, 0.4) is 0 Å². The van der Waals surface area contributed by atoms with Gasteiger partial charge in [-0.3, -0.25) is 4.79 Å². The standard InChI is InChI=1S/C21H30N2O/c1-5-7-9-18-20(17-12-10-15(3)11-13-17)19(21(22)24)16(4)23(18)14-8-6-2/h10-13H,5-9,14H2,1-4H3,(H2,22,24). The van der Waals surface area contributed by atoms with Gasteiger partial charge in [0.15, 0.2) is 0 Å². The molecular formula is C21H30N2O. The van der Waals surface area contributed by atoms with Crippen LogP contribution >= 0.6 is 0 Å². The SMILES string of the molecule is CCCCc1c(-c2ccc(C)cc2)c(C(N)=O)c(C)n1CCCC. The highest BCUT2D eigenvalue weighted by Gasteiger charge is 2.24. The summed E-state index contributed by atoms with van der Waals surface area (Å²) in [5.74, 6) is -0.323. The van der Waals surface area contributed by atoms with Crippen LogP contribution in [0.5, 0.6) is 0 Å². The predicted octanol–water partition coefficient (Wildman–Crippen LogP) is 5.01.